The summed E-state index contributed by atoms with van der Waals surface area (Å²) in [5, 5.41) is 0. The van der Waals surface area contributed by atoms with E-state index < -0.39 is 10.0 Å². The summed E-state index contributed by atoms with van der Waals surface area (Å²) >= 11 is 0. The van der Waals surface area contributed by atoms with Crippen molar-refractivity contribution in [1.82, 2.24) is 4.31 Å². The topological polar surface area (TPSA) is 37.4 Å². The van der Waals surface area contributed by atoms with E-state index in [1.54, 1.807) is 7.05 Å². The Morgan fingerprint density at radius 2 is 1.62 bits per heavy atom. The molecule has 1 aliphatic rings. The number of nitrogens with zero attached hydrogens (tertiary/aromatic N) is 1. The van der Waals surface area contributed by atoms with Crippen molar-refractivity contribution in [2.45, 2.75) is 38.6 Å². The summed E-state index contributed by atoms with van der Waals surface area (Å²) in [7, 11) is -1.30. The normalized spacial score (nSPS) is 30.8. The fourth-order valence-corrected chi connectivity index (χ4v) is 2.63. The highest BCUT2D eigenvalue weighted by Crippen LogP contribution is 2.27. The third-order valence-electron chi connectivity index (χ3n) is 3.02. The molecule has 13 heavy (non-hydrogen) atoms. The molecule has 0 heterocycles. The fourth-order valence-electron chi connectivity index (χ4n) is 1.88. The van der Waals surface area contributed by atoms with E-state index in [9.17, 15) is 8.42 Å². The smallest absolute Gasteiger partial charge is 0.211 e. The molecule has 0 spiro atoms. The number of hydrogen-bond acceptors (Lipinski definition) is 2. The maximum atomic E-state index is 11.2. The van der Waals surface area contributed by atoms with E-state index in [0.29, 0.717) is 0 Å². The van der Waals surface area contributed by atoms with E-state index in [-0.39, 0.29) is 6.04 Å². The van der Waals surface area contributed by atoms with Crippen LogP contribution in [-0.2, 0) is 10.0 Å². The van der Waals surface area contributed by atoms with Gasteiger partial charge in [-0.2, -0.15) is 0 Å². The number of rotatable bonds is 2. The molecule has 0 aromatic rings. The molecule has 1 fully saturated rings. The van der Waals surface area contributed by atoms with Gasteiger partial charge in [-0.1, -0.05) is 6.92 Å². The van der Waals surface area contributed by atoms with E-state index in [1.807, 2.05) is 0 Å². The second kappa shape index (κ2) is 3.96. The summed E-state index contributed by atoms with van der Waals surface area (Å²) in [4.78, 5) is 0. The van der Waals surface area contributed by atoms with Gasteiger partial charge in [0, 0.05) is 13.1 Å². The first-order chi connectivity index (χ1) is 5.91. The standard InChI is InChI=1S/C9H19NO2S/c1-8-4-6-9(7-5-8)10(2)13(3,11)12/h8-9H,4-7H2,1-3H3. The second-order valence-electron chi connectivity index (χ2n) is 4.19. The molecule has 1 aliphatic carbocycles. The second-order valence-corrected chi connectivity index (χ2v) is 6.23. The van der Waals surface area contributed by atoms with Crippen molar-refractivity contribution in [2.75, 3.05) is 13.3 Å². The predicted molar refractivity (Wildman–Crippen MR) is 54.0 cm³/mol. The van der Waals surface area contributed by atoms with Gasteiger partial charge in [-0.25, -0.2) is 12.7 Å². The zero-order valence-electron chi connectivity index (χ0n) is 8.66. The highest BCUT2D eigenvalue weighted by Gasteiger charge is 2.26. The van der Waals surface area contributed by atoms with Crippen LogP contribution in [-0.4, -0.2) is 32.1 Å². The van der Waals surface area contributed by atoms with E-state index in [1.165, 1.54) is 10.6 Å². The Morgan fingerprint density at radius 3 is 2.00 bits per heavy atom. The van der Waals surface area contributed by atoms with Crippen molar-refractivity contribution in [3.63, 3.8) is 0 Å². The average molecular weight is 205 g/mol. The minimum atomic E-state index is -2.99. The predicted octanol–water partition coefficient (Wildman–Crippen LogP) is 1.46. The molecule has 78 valence electrons. The molecule has 0 radical (unpaired) electrons. The van der Waals surface area contributed by atoms with Crippen LogP contribution in [0, 0.1) is 5.92 Å². The van der Waals surface area contributed by atoms with Crippen LogP contribution in [0.25, 0.3) is 0 Å². The SMILES string of the molecule is CC1CCC(N(C)S(C)(=O)=O)CC1. The Morgan fingerprint density at radius 1 is 1.15 bits per heavy atom. The molecule has 4 heteroatoms. The molecule has 1 rings (SSSR count). The third-order valence-corrected chi connectivity index (χ3v) is 4.37. The number of sulfonamides is 1. The zero-order valence-corrected chi connectivity index (χ0v) is 9.47. The summed E-state index contributed by atoms with van der Waals surface area (Å²) < 4.78 is 24.0. The third kappa shape index (κ3) is 2.95. The molecule has 0 aromatic carbocycles. The fraction of sp³-hybridized carbons (Fsp3) is 1.00. The first-order valence-corrected chi connectivity index (χ1v) is 6.69. The van der Waals surface area contributed by atoms with Crippen molar-refractivity contribution in [2.24, 2.45) is 5.92 Å². The van der Waals surface area contributed by atoms with Crippen LogP contribution in [0.5, 0.6) is 0 Å². The molecule has 3 nitrogen and oxygen atoms in total. The van der Waals surface area contributed by atoms with Crippen LogP contribution < -0.4 is 0 Å². The van der Waals surface area contributed by atoms with E-state index in [4.69, 9.17) is 0 Å². The summed E-state index contributed by atoms with van der Waals surface area (Å²) in [5.74, 6) is 0.768. The Balaban J connectivity index is 2.55. The van der Waals surface area contributed by atoms with Gasteiger partial charge < -0.3 is 0 Å². The van der Waals surface area contributed by atoms with Crippen molar-refractivity contribution < 1.29 is 8.42 Å². The molecule has 1 saturated carbocycles. The van der Waals surface area contributed by atoms with Gasteiger partial charge >= 0.3 is 0 Å². The van der Waals surface area contributed by atoms with Crippen LogP contribution >= 0.6 is 0 Å². The van der Waals surface area contributed by atoms with E-state index in [2.05, 4.69) is 6.92 Å². The maximum absolute atomic E-state index is 11.2. The summed E-state index contributed by atoms with van der Waals surface area (Å²) in [6.07, 6.45) is 5.63. The molecular formula is C9H19NO2S. The first-order valence-electron chi connectivity index (χ1n) is 4.84. The van der Waals surface area contributed by atoms with Crippen LogP contribution in [0.4, 0.5) is 0 Å². The van der Waals surface area contributed by atoms with Crippen LogP contribution in [0.2, 0.25) is 0 Å². The molecule has 0 aromatic heterocycles. The zero-order chi connectivity index (χ0) is 10.1. The van der Waals surface area contributed by atoms with Gasteiger partial charge in [0.15, 0.2) is 0 Å². The average Bonchev–Trinajstić information content (AvgIpc) is 2.03. The van der Waals surface area contributed by atoms with Crippen LogP contribution in [0.3, 0.4) is 0 Å². The Kier molecular flexibility index (Phi) is 3.35. The van der Waals surface area contributed by atoms with Gasteiger partial charge in [0.25, 0.3) is 0 Å². The molecule has 0 saturated heterocycles. The van der Waals surface area contributed by atoms with Gasteiger partial charge in [0.05, 0.1) is 6.26 Å². The molecule has 0 bridgehead atoms. The van der Waals surface area contributed by atoms with Gasteiger partial charge in [0.2, 0.25) is 10.0 Å². The highest BCUT2D eigenvalue weighted by molar-refractivity contribution is 7.88. The largest absolute Gasteiger partial charge is 0.213 e. The lowest BCUT2D eigenvalue weighted by Gasteiger charge is -2.31. The van der Waals surface area contributed by atoms with Gasteiger partial charge in [0.1, 0.15) is 0 Å². The summed E-state index contributed by atoms with van der Waals surface area (Å²) in [5.41, 5.74) is 0. The lowest BCUT2D eigenvalue weighted by Crippen LogP contribution is -2.38. The van der Waals surface area contributed by atoms with Crippen LogP contribution in [0.15, 0.2) is 0 Å². The molecular weight excluding hydrogens is 186 g/mol. The molecule has 0 unspecified atom stereocenters. The molecule has 0 N–H and O–H groups in total. The molecule has 0 aliphatic heterocycles. The van der Waals surface area contributed by atoms with E-state index in [0.717, 1.165) is 31.6 Å². The minimum absolute atomic E-state index is 0.242. The van der Waals surface area contributed by atoms with Gasteiger partial charge in [-0.3, -0.25) is 0 Å². The quantitative estimate of drug-likeness (QED) is 0.684. The lowest BCUT2D eigenvalue weighted by atomic mass is 9.87. The van der Waals surface area contributed by atoms with Crippen molar-refractivity contribution >= 4 is 10.0 Å². The summed E-state index contributed by atoms with van der Waals surface area (Å²) in [6.45, 7) is 2.23. The van der Waals surface area contributed by atoms with Crippen molar-refractivity contribution in [3.05, 3.63) is 0 Å². The lowest BCUT2D eigenvalue weighted by molar-refractivity contribution is 0.247. The van der Waals surface area contributed by atoms with Crippen molar-refractivity contribution in [3.8, 4) is 0 Å². The monoisotopic (exact) mass is 205 g/mol. The molecule has 0 amide bonds. The Hall–Kier alpha value is -0.0900. The van der Waals surface area contributed by atoms with Crippen LogP contribution in [0.1, 0.15) is 32.6 Å². The van der Waals surface area contributed by atoms with Gasteiger partial charge in [-0.15, -0.1) is 0 Å². The molecule has 0 atom stereocenters. The van der Waals surface area contributed by atoms with Gasteiger partial charge in [-0.05, 0) is 31.6 Å². The maximum Gasteiger partial charge on any atom is 0.211 e. The van der Waals surface area contributed by atoms with Crippen molar-refractivity contribution in [1.29, 1.82) is 0 Å². The summed E-state index contributed by atoms with van der Waals surface area (Å²) in [6, 6.07) is 0.242. The Bertz CT molecular complexity index is 253. The Labute approximate surface area is 81.2 Å². The number of hydrogen-bond donors (Lipinski definition) is 0. The first kappa shape index (κ1) is 11.0. The van der Waals surface area contributed by atoms with E-state index >= 15 is 0 Å². The minimum Gasteiger partial charge on any atom is -0.213 e. The highest BCUT2D eigenvalue weighted by atomic mass is 32.2.